The summed E-state index contributed by atoms with van der Waals surface area (Å²) >= 11 is 0. The number of hydrogen-bond acceptors (Lipinski definition) is 4. The van der Waals surface area contributed by atoms with E-state index in [0.717, 1.165) is 25.9 Å². The SMILES string of the molecule is COC(=O)c1cccc([N+](=O)[O-])c1C[NH+]1CCCCC1. The molecular weight excluding hydrogens is 260 g/mol. The highest BCUT2D eigenvalue weighted by atomic mass is 16.6. The molecule has 6 nitrogen and oxygen atoms in total. The molecule has 1 fully saturated rings. The predicted molar refractivity (Wildman–Crippen MR) is 72.7 cm³/mol. The number of rotatable bonds is 4. The van der Waals surface area contributed by atoms with E-state index in [-0.39, 0.29) is 5.69 Å². The van der Waals surface area contributed by atoms with Crippen LogP contribution in [0.25, 0.3) is 0 Å². The Morgan fingerprint density at radius 3 is 2.65 bits per heavy atom. The van der Waals surface area contributed by atoms with Crippen LogP contribution in [0.3, 0.4) is 0 Å². The third-order valence-corrected chi connectivity index (χ3v) is 3.74. The van der Waals surface area contributed by atoms with Gasteiger partial charge in [-0.05, 0) is 25.3 Å². The highest BCUT2D eigenvalue weighted by Crippen LogP contribution is 2.22. The number of carbonyl (C=O) groups is 1. The molecule has 0 saturated carbocycles. The molecule has 6 heteroatoms. The molecule has 1 heterocycles. The zero-order valence-electron chi connectivity index (χ0n) is 11.6. The van der Waals surface area contributed by atoms with Gasteiger partial charge in [0.25, 0.3) is 5.69 Å². The van der Waals surface area contributed by atoms with Crippen LogP contribution in [0.15, 0.2) is 18.2 Å². The van der Waals surface area contributed by atoms with E-state index in [1.807, 2.05) is 0 Å². The normalized spacial score (nSPS) is 15.8. The minimum Gasteiger partial charge on any atom is -0.465 e. The molecule has 108 valence electrons. The smallest absolute Gasteiger partial charge is 0.338 e. The number of benzene rings is 1. The first kappa shape index (κ1) is 14.5. The minimum absolute atomic E-state index is 0.00553. The molecule has 0 radical (unpaired) electrons. The molecule has 0 unspecified atom stereocenters. The van der Waals surface area contributed by atoms with Gasteiger partial charge in [-0.2, -0.15) is 0 Å². The van der Waals surface area contributed by atoms with Gasteiger partial charge in [0.15, 0.2) is 0 Å². The number of hydrogen-bond donors (Lipinski definition) is 1. The predicted octanol–water partition coefficient (Wildman–Crippen LogP) is 0.950. The topological polar surface area (TPSA) is 73.9 Å². The van der Waals surface area contributed by atoms with Gasteiger partial charge in [-0.3, -0.25) is 10.1 Å². The lowest BCUT2D eigenvalue weighted by Crippen LogP contribution is -3.11. The van der Waals surface area contributed by atoms with Crippen LogP contribution in [0.5, 0.6) is 0 Å². The monoisotopic (exact) mass is 279 g/mol. The van der Waals surface area contributed by atoms with Gasteiger partial charge >= 0.3 is 5.97 Å². The van der Waals surface area contributed by atoms with E-state index >= 15 is 0 Å². The van der Waals surface area contributed by atoms with Crippen LogP contribution in [0.2, 0.25) is 0 Å². The summed E-state index contributed by atoms with van der Waals surface area (Å²) < 4.78 is 4.73. The van der Waals surface area contributed by atoms with Crippen molar-refractivity contribution in [3.8, 4) is 0 Å². The fourth-order valence-electron chi connectivity index (χ4n) is 2.71. The van der Waals surface area contributed by atoms with Gasteiger partial charge in [-0.15, -0.1) is 0 Å². The Bertz CT molecular complexity index is 510. The number of likely N-dealkylation sites (tertiary alicyclic amines) is 1. The highest BCUT2D eigenvalue weighted by molar-refractivity contribution is 5.92. The van der Waals surface area contributed by atoms with Crippen molar-refractivity contribution in [3.63, 3.8) is 0 Å². The third kappa shape index (κ3) is 3.14. The lowest BCUT2D eigenvalue weighted by Gasteiger charge is -2.24. The van der Waals surface area contributed by atoms with E-state index in [0.29, 0.717) is 17.7 Å². The van der Waals surface area contributed by atoms with Crippen LogP contribution >= 0.6 is 0 Å². The van der Waals surface area contributed by atoms with E-state index in [1.165, 1.54) is 30.6 Å². The number of nitro benzene ring substituents is 1. The van der Waals surface area contributed by atoms with Gasteiger partial charge < -0.3 is 9.64 Å². The van der Waals surface area contributed by atoms with Gasteiger partial charge in [0.05, 0.1) is 36.2 Å². The summed E-state index contributed by atoms with van der Waals surface area (Å²) in [6.45, 7) is 2.49. The zero-order chi connectivity index (χ0) is 14.5. The molecule has 0 spiro atoms. The van der Waals surface area contributed by atoms with Crippen molar-refractivity contribution >= 4 is 11.7 Å². The Labute approximate surface area is 117 Å². The highest BCUT2D eigenvalue weighted by Gasteiger charge is 2.26. The van der Waals surface area contributed by atoms with Crippen molar-refractivity contribution in [1.82, 2.24) is 0 Å². The van der Waals surface area contributed by atoms with Crippen molar-refractivity contribution < 1.29 is 19.4 Å². The number of nitrogens with one attached hydrogen (secondary N) is 1. The minimum atomic E-state index is -0.514. The molecule has 20 heavy (non-hydrogen) atoms. The second-order valence-electron chi connectivity index (χ2n) is 5.04. The van der Waals surface area contributed by atoms with Crippen LogP contribution in [-0.4, -0.2) is 31.1 Å². The third-order valence-electron chi connectivity index (χ3n) is 3.74. The maximum Gasteiger partial charge on any atom is 0.338 e. The second kappa shape index (κ2) is 6.47. The summed E-state index contributed by atoms with van der Waals surface area (Å²) in [5.74, 6) is -0.514. The Balaban J connectivity index is 2.35. The fraction of sp³-hybridized carbons (Fsp3) is 0.500. The molecule has 1 aliphatic rings. The number of carbonyl (C=O) groups excluding carboxylic acids is 1. The first-order valence-electron chi connectivity index (χ1n) is 6.81. The molecule has 0 atom stereocenters. The number of methoxy groups -OCH3 is 1. The van der Waals surface area contributed by atoms with Crippen LogP contribution in [0.4, 0.5) is 5.69 Å². The standard InChI is InChI=1S/C14H18N2O4/c1-20-14(17)11-6-5-7-13(16(18)19)12(11)10-15-8-3-2-4-9-15/h5-7H,2-4,8-10H2,1H3/p+1. The van der Waals surface area contributed by atoms with Crippen molar-refractivity contribution in [2.45, 2.75) is 25.8 Å². The van der Waals surface area contributed by atoms with E-state index in [2.05, 4.69) is 0 Å². The van der Waals surface area contributed by atoms with Gasteiger partial charge in [-0.1, -0.05) is 6.07 Å². The zero-order valence-corrected chi connectivity index (χ0v) is 11.6. The van der Waals surface area contributed by atoms with Crippen LogP contribution in [-0.2, 0) is 11.3 Å². The Morgan fingerprint density at radius 1 is 1.35 bits per heavy atom. The number of nitro groups is 1. The van der Waals surface area contributed by atoms with E-state index in [4.69, 9.17) is 4.74 Å². The first-order chi connectivity index (χ1) is 9.63. The summed E-state index contributed by atoms with van der Waals surface area (Å²) in [5.41, 5.74) is 0.798. The van der Waals surface area contributed by atoms with E-state index in [9.17, 15) is 14.9 Å². The van der Waals surface area contributed by atoms with Crippen LogP contribution in [0, 0.1) is 10.1 Å². The van der Waals surface area contributed by atoms with Gasteiger partial charge in [-0.25, -0.2) is 4.79 Å². The molecule has 1 aliphatic heterocycles. The Hall–Kier alpha value is -1.95. The number of quaternary nitrogens is 1. The molecule has 0 aliphatic carbocycles. The maximum atomic E-state index is 11.8. The quantitative estimate of drug-likeness (QED) is 0.506. The van der Waals surface area contributed by atoms with Gasteiger partial charge in [0.2, 0.25) is 0 Å². The molecular formula is C14H19N2O4+. The molecule has 0 bridgehead atoms. The van der Waals surface area contributed by atoms with E-state index in [1.54, 1.807) is 6.07 Å². The Kier molecular flexibility index (Phi) is 4.68. The average molecular weight is 279 g/mol. The molecule has 1 N–H and O–H groups in total. The maximum absolute atomic E-state index is 11.8. The van der Waals surface area contributed by atoms with Crippen molar-refractivity contribution in [2.75, 3.05) is 20.2 Å². The summed E-state index contributed by atoms with van der Waals surface area (Å²) in [7, 11) is 1.29. The number of nitrogens with zero attached hydrogens (tertiary/aromatic N) is 1. The molecule has 1 aromatic carbocycles. The molecule has 0 aromatic heterocycles. The van der Waals surface area contributed by atoms with Crippen LogP contribution < -0.4 is 4.90 Å². The van der Waals surface area contributed by atoms with Gasteiger partial charge in [0, 0.05) is 6.07 Å². The first-order valence-corrected chi connectivity index (χ1v) is 6.81. The fourth-order valence-corrected chi connectivity index (χ4v) is 2.71. The van der Waals surface area contributed by atoms with Crippen molar-refractivity contribution in [1.29, 1.82) is 0 Å². The molecule has 0 amide bonds. The number of piperidine rings is 1. The molecule has 1 saturated heterocycles. The molecule has 1 aromatic rings. The van der Waals surface area contributed by atoms with E-state index < -0.39 is 10.9 Å². The molecule has 2 rings (SSSR count). The lowest BCUT2D eigenvalue weighted by atomic mass is 10.0. The van der Waals surface area contributed by atoms with Crippen molar-refractivity contribution in [2.24, 2.45) is 0 Å². The van der Waals surface area contributed by atoms with Crippen molar-refractivity contribution in [3.05, 3.63) is 39.4 Å². The Morgan fingerprint density at radius 2 is 2.05 bits per heavy atom. The van der Waals surface area contributed by atoms with Gasteiger partial charge in [0.1, 0.15) is 6.54 Å². The lowest BCUT2D eigenvalue weighted by molar-refractivity contribution is -0.918. The number of esters is 1. The summed E-state index contributed by atoms with van der Waals surface area (Å²) in [6, 6.07) is 4.57. The second-order valence-corrected chi connectivity index (χ2v) is 5.04. The number of ether oxygens (including phenoxy) is 1. The largest absolute Gasteiger partial charge is 0.465 e. The summed E-state index contributed by atoms with van der Waals surface area (Å²) in [5, 5.41) is 11.2. The van der Waals surface area contributed by atoms with Crippen LogP contribution in [0.1, 0.15) is 35.2 Å². The average Bonchev–Trinajstić information content (AvgIpc) is 2.47. The summed E-state index contributed by atoms with van der Waals surface area (Å²) in [4.78, 5) is 23.8. The summed E-state index contributed by atoms with van der Waals surface area (Å²) in [6.07, 6.45) is 3.47.